The predicted molar refractivity (Wildman–Crippen MR) is 123 cm³/mol. The van der Waals surface area contributed by atoms with Gasteiger partial charge in [-0.25, -0.2) is 4.98 Å². The molecule has 0 aliphatic heterocycles. The summed E-state index contributed by atoms with van der Waals surface area (Å²) < 4.78 is 11.4. The van der Waals surface area contributed by atoms with Crippen molar-refractivity contribution in [1.29, 1.82) is 0 Å². The SMILES string of the molecule is CN=C(NCCc1ncc(C)s1)NCc1ccc(OCc2ccccc2)c(OC)c1. The van der Waals surface area contributed by atoms with E-state index in [0.29, 0.717) is 18.9 Å². The van der Waals surface area contributed by atoms with E-state index in [0.717, 1.165) is 40.8 Å². The van der Waals surface area contributed by atoms with Crippen molar-refractivity contribution in [2.75, 3.05) is 20.7 Å². The summed E-state index contributed by atoms with van der Waals surface area (Å²) in [6, 6.07) is 16.0. The van der Waals surface area contributed by atoms with E-state index in [9.17, 15) is 0 Å². The van der Waals surface area contributed by atoms with Crippen LogP contribution in [-0.4, -0.2) is 31.6 Å². The highest BCUT2D eigenvalue weighted by atomic mass is 32.1. The fraction of sp³-hybridized carbons (Fsp3) is 0.304. The van der Waals surface area contributed by atoms with E-state index in [2.05, 4.69) is 27.5 Å². The molecule has 0 aliphatic rings. The molecule has 7 heteroatoms. The molecular formula is C23H28N4O2S. The van der Waals surface area contributed by atoms with Gasteiger partial charge in [0.15, 0.2) is 17.5 Å². The van der Waals surface area contributed by atoms with Gasteiger partial charge in [-0.15, -0.1) is 11.3 Å². The molecule has 3 rings (SSSR count). The Morgan fingerprint density at radius 3 is 2.60 bits per heavy atom. The minimum atomic E-state index is 0.504. The van der Waals surface area contributed by atoms with Gasteiger partial charge in [-0.3, -0.25) is 4.99 Å². The Kier molecular flexibility index (Phi) is 8.09. The number of hydrogen-bond acceptors (Lipinski definition) is 5. The van der Waals surface area contributed by atoms with Crippen LogP contribution in [0.15, 0.2) is 59.7 Å². The average molecular weight is 425 g/mol. The van der Waals surface area contributed by atoms with Crippen LogP contribution in [0.3, 0.4) is 0 Å². The number of guanidine groups is 1. The number of nitrogens with one attached hydrogen (secondary N) is 2. The maximum atomic E-state index is 5.93. The second-order valence-electron chi connectivity index (χ2n) is 6.73. The second-order valence-corrected chi connectivity index (χ2v) is 8.05. The van der Waals surface area contributed by atoms with Gasteiger partial charge in [0.1, 0.15) is 6.61 Å². The van der Waals surface area contributed by atoms with Crippen LogP contribution >= 0.6 is 11.3 Å². The van der Waals surface area contributed by atoms with Crippen molar-refractivity contribution in [2.45, 2.75) is 26.5 Å². The van der Waals surface area contributed by atoms with Crippen molar-refractivity contribution in [1.82, 2.24) is 15.6 Å². The highest BCUT2D eigenvalue weighted by Gasteiger charge is 2.07. The zero-order valence-electron chi connectivity index (χ0n) is 17.6. The second kappa shape index (κ2) is 11.2. The summed E-state index contributed by atoms with van der Waals surface area (Å²) >= 11 is 1.73. The van der Waals surface area contributed by atoms with E-state index >= 15 is 0 Å². The highest BCUT2D eigenvalue weighted by molar-refractivity contribution is 7.11. The lowest BCUT2D eigenvalue weighted by Gasteiger charge is -2.14. The Bertz CT molecular complexity index is 957. The van der Waals surface area contributed by atoms with E-state index in [1.54, 1.807) is 25.5 Å². The molecular weight excluding hydrogens is 396 g/mol. The number of thiazole rings is 1. The average Bonchev–Trinajstić information content (AvgIpc) is 3.20. The van der Waals surface area contributed by atoms with Crippen molar-refractivity contribution in [2.24, 2.45) is 4.99 Å². The lowest BCUT2D eigenvalue weighted by molar-refractivity contribution is 0.284. The summed E-state index contributed by atoms with van der Waals surface area (Å²) in [5.74, 6) is 2.20. The zero-order chi connectivity index (χ0) is 21.2. The van der Waals surface area contributed by atoms with Gasteiger partial charge in [-0.1, -0.05) is 36.4 Å². The summed E-state index contributed by atoms with van der Waals surface area (Å²) in [7, 11) is 3.42. The third-order valence-electron chi connectivity index (χ3n) is 4.45. The van der Waals surface area contributed by atoms with E-state index in [1.165, 1.54) is 4.88 Å². The molecule has 0 saturated heterocycles. The van der Waals surface area contributed by atoms with Crippen molar-refractivity contribution in [3.05, 3.63) is 75.7 Å². The van der Waals surface area contributed by atoms with Gasteiger partial charge in [-0.05, 0) is 30.2 Å². The van der Waals surface area contributed by atoms with Crippen LogP contribution < -0.4 is 20.1 Å². The Morgan fingerprint density at radius 1 is 1.07 bits per heavy atom. The number of rotatable bonds is 9. The molecule has 0 atom stereocenters. The minimum absolute atomic E-state index is 0.504. The topological polar surface area (TPSA) is 67.8 Å². The molecule has 0 bridgehead atoms. The standard InChI is InChI=1S/C23H28N4O2S/c1-17-14-26-22(30-17)11-12-25-23(24-2)27-15-19-9-10-20(21(13-19)28-3)29-16-18-7-5-4-6-8-18/h4-10,13-14H,11-12,15-16H2,1-3H3,(H2,24,25,27). The monoisotopic (exact) mass is 424 g/mol. The molecule has 6 nitrogen and oxygen atoms in total. The summed E-state index contributed by atoms with van der Waals surface area (Å²) in [6.07, 6.45) is 2.79. The van der Waals surface area contributed by atoms with Gasteiger partial charge in [-0.2, -0.15) is 0 Å². The first-order valence-electron chi connectivity index (χ1n) is 9.87. The molecule has 0 fully saturated rings. The summed E-state index contributed by atoms with van der Waals surface area (Å²) in [4.78, 5) is 9.90. The van der Waals surface area contributed by atoms with Crippen molar-refractivity contribution in [3.63, 3.8) is 0 Å². The van der Waals surface area contributed by atoms with Crippen LogP contribution in [0.1, 0.15) is 21.0 Å². The molecule has 0 amide bonds. The third kappa shape index (κ3) is 6.49. The van der Waals surface area contributed by atoms with Crippen LogP contribution in [0.5, 0.6) is 11.5 Å². The number of benzene rings is 2. The van der Waals surface area contributed by atoms with Gasteiger partial charge < -0.3 is 20.1 Å². The first kappa shape index (κ1) is 21.6. The van der Waals surface area contributed by atoms with Gasteiger partial charge in [0.25, 0.3) is 0 Å². The number of aryl methyl sites for hydroxylation is 1. The maximum absolute atomic E-state index is 5.93. The molecule has 2 aromatic carbocycles. The fourth-order valence-corrected chi connectivity index (χ4v) is 3.67. The molecule has 30 heavy (non-hydrogen) atoms. The van der Waals surface area contributed by atoms with Gasteiger partial charge in [0.2, 0.25) is 0 Å². The number of nitrogens with zero attached hydrogens (tertiary/aromatic N) is 2. The van der Waals surface area contributed by atoms with Crippen LogP contribution in [-0.2, 0) is 19.6 Å². The van der Waals surface area contributed by atoms with Crippen molar-refractivity contribution >= 4 is 17.3 Å². The van der Waals surface area contributed by atoms with Crippen LogP contribution in [0.2, 0.25) is 0 Å². The molecule has 0 unspecified atom stereocenters. The van der Waals surface area contributed by atoms with Crippen molar-refractivity contribution in [3.8, 4) is 11.5 Å². The minimum Gasteiger partial charge on any atom is -0.493 e. The summed E-state index contributed by atoms with van der Waals surface area (Å²) in [6.45, 7) is 3.99. The van der Waals surface area contributed by atoms with E-state index in [-0.39, 0.29) is 0 Å². The molecule has 1 aromatic heterocycles. The zero-order valence-corrected chi connectivity index (χ0v) is 18.5. The Labute approximate surface area is 182 Å². The van der Waals surface area contributed by atoms with E-state index < -0.39 is 0 Å². The third-order valence-corrected chi connectivity index (χ3v) is 5.42. The first-order chi connectivity index (χ1) is 14.7. The van der Waals surface area contributed by atoms with Gasteiger partial charge in [0.05, 0.1) is 12.1 Å². The molecule has 2 N–H and O–H groups in total. The highest BCUT2D eigenvalue weighted by Crippen LogP contribution is 2.28. The molecule has 0 aliphatic carbocycles. The number of ether oxygens (including phenoxy) is 2. The molecule has 158 valence electrons. The normalized spacial score (nSPS) is 11.2. The lowest BCUT2D eigenvalue weighted by Crippen LogP contribution is -2.37. The quantitative estimate of drug-likeness (QED) is 0.402. The Morgan fingerprint density at radius 2 is 1.90 bits per heavy atom. The lowest BCUT2D eigenvalue weighted by atomic mass is 10.2. The van der Waals surface area contributed by atoms with Crippen LogP contribution in [0.25, 0.3) is 0 Å². The largest absolute Gasteiger partial charge is 0.493 e. The Hall–Kier alpha value is -3.06. The summed E-state index contributed by atoms with van der Waals surface area (Å²) in [5, 5.41) is 7.79. The van der Waals surface area contributed by atoms with E-state index in [4.69, 9.17) is 9.47 Å². The number of methoxy groups -OCH3 is 1. The molecule has 3 aromatic rings. The summed E-state index contributed by atoms with van der Waals surface area (Å²) in [5.41, 5.74) is 2.20. The predicted octanol–water partition coefficient (Wildman–Crippen LogP) is 3.95. The number of aromatic nitrogens is 1. The van der Waals surface area contributed by atoms with Gasteiger partial charge >= 0.3 is 0 Å². The van der Waals surface area contributed by atoms with Crippen LogP contribution in [0.4, 0.5) is 0 Å². The molecule has 0 radical (unpaired) electrons. The Balaban J connectivity index is 1.50. The molecule has 1 heterocycles. The molecule has 0 spiro atoms. The van der Waals surface area contributed by atoms with Crippen LogP contribution in [0, 0.1) is 6.92 Å². The van der Waals surface area contributed by atoms with Crippen molar-refractivity contribution < 1.29 is 9.47 Å². The number of hydrogen-bond donors (Lipinski definition) is 2. The van der Waals surface area contributed by atoms with E-state index in [1.807, 2.05) is 54.7 Å². The first-order valence-corrected chi connectivity index (χ1v) is 10.7. The fourth-order valence-electron chi connectivity index (χ4n) is 2.89. The smallest absolute Gasteiger partial charge is 0.191 e. The molecule has 0 saturated carbocycles. The number of aliphatic imine (C=N–C) groups is 1. The maximum Gasteiger partial charge on any atom is 0.191 e. The van der Waals surface area contributed by atoms with Gasteiger partial charge in [0, 0.05) is 37.6 Å².